The molecule has 3 heterocycles. The SMILES string of the molecule is O=C1N[C@@]2(CCc3ccccc32)C(=O)N1Cc1nc(-c2cccs2)no1. The maximum absolute atomic E-state index is 13.1. The Labute approximate surface area is 152 Å². The van der Waals surface area contributed by atoms with Gasteiger partial charge < -0.3 is 9.84 Å². The highest BCUT2D eigenvalue weighted by Gasteiger charge is 2.55. The predicted octanol–water partition coefficient (Wildman–Crippen LogP) is 2.69. The van der Waals surface area contributed by atoms with Crippen LogP contribution in [0.2, 0.25) is 0 Å². The number of thiophene rings is 1. The van der Waals surface area contributed by atoms with E-state index in [1.54, 1.807) is 0 Å². The summed E-state index contributed by atoms with van der Waals surface area (Å²) >= 11 is 1.50. The van der Waals surface area contributed by atoms with Crippen molar-refractivity contribution in [2.45, 2.75) is 24.9 Å². The normalized spacial score (nSPS) is 21.5. The lowest BCUT2D eigenvalue weighted by molar-refractivity contribution is -0.132. The smallest absolute Gasteiger partial charge is 0.325 e. The number of hydrogen-bond donors (Lipinski definition) is 1. The molecule has 26 heavy (non-hydrogen) atoms. The van der Waals surface area contributed by atoms with E-state index in [-0.39, 0.29) is 18.3 Å². The second-order valence-electron chi connectivity index (χ2n) is 6.37. The van der Waals surface area contributed by atoms with Gasteiger partial charge in [-0.2, -0.15) is 4.98 Å². The van der Waals surface area contributed by atoms with E-state index in [0.717, 1.165) is 27.3 Å². The molecule has 1 aliphatic heterocycles. The lowest BCUT2D eigenvalue weighted by Crippen LogP contribution is -2.41. The number of benzene rings is 1. The summed E-state index contributed by atoms with van der Waals surface area (Å²) in [7, 11) is 0. The Hall–Kier alpha value is -3.00. The van der Waals surface area contributed by atoms with Gasteiger partial charge in [0.1, 0.15) is 12.1 Å². The maximum Gasteiger partial charge on any atom is 0.325 e. The van der Waals surface area contributed by atoms with Gasteiger partial charge in [-0.05, 0) is 35.4 Å². The van der Waals surface area contributed by atoms with E-state index < -0.39 is 11.6 Å². The first-order valence-corrected chi connectivity index (χ1v) is 9.14. The molecule has 2 aliphatic rings. The van der Waals surface area contributed by atoms with Crippen molar-refractivity contribution in [3.8, 4) is 10.7 Å². The van der Waals surface area contributed by atoms with Crippen molar-refractivity contribution >= 4 is 23.3 Å². The molecule has 1 aromatic carbocycles. The zero-order valence-corrected chi connectivity index (χ0v) is 14.5. The molecule has 2 aromatic heterocycles. The summed E-state index contributed by atoms with van der Waals surface area (Å²) in [6.07, 6.45) is 1.33. The minimum absolute atomic E-state index is 0.0348. The highest BCUT2D eigenvalue weighted by molar-refractivity contribution is 7.13. The van der Waals surface area contributed by atoms with Gasteiger partial charge in [0.15, 0.2) is 0 Å². The van der Waals surface area contributed by atoms with Crippen LogP contribution < -0.4 is 5.32 Å². The Morgan fingerprint density at radius 1 is 1.23 bits per heavy atom. The van der Waals surface area contributed by atoms with E-state index in [1.807, 2.05) is 41.8 Å². The van der Waals surface area contributed by atoms with Gasteiger partial charge in [-0.3, -0.25) is 9.69 Å². The van der Waals surface area contributed by atoms with Crippen LogP contribution in [0.25, 0.3) is 10.7 Å². The second-order valence-corrected chi connectivity index (χ2v) is 7.32. The fourth-order valence-electron chi connectivity index (χ4n) is 3.69. The van der Waals surface area contributed by atoms with Gasteiger partial charge in [0.2, 0.25) is 11.7 Å². The summed E-state index contributed by atoms with van der Waals surface area (Å²) in [6.45, 7) is -0.0348. The molecule has 0 bridgehead atoms. The minimum atomic E-state index is -0.968. The van der Waals surface area contributed by atoms with Crippen molar-refractivity contribution in [2.24, 2.45) is 0 Å². The second kappa shape index (κ2) is 5.50. The van der Waals surface area contributed by atoms with Crippen molar-refractivity contribution < 1.29 is 14.1 Å². The minimum Gasteiger partial charge on any atom is -0.337 e. The number of nitrogens with zero attached hydrogens (tertiary/aromatic N) is 3. The van der Waals surface area contributed by atoms with Gasteiger partial charge in [0.05, 0.1) is 4.88 Å². The number of urea groups is 1. The number of imide groups is 1. The number of carbonyl (C=O) groups is 2. The van der Waals surface area contributed by atoms with Crippen molar-refractivity contribution in [3.63, 3.8) is 0 Å². The van der Waals surface area contributed by atoms with Crippen molar-refractivity contribution in [1.29, 1.82) is 0 Å². The monoisotopic (exact) mass is 366 g/mol. The van der Waals surface area contributed by atoms with Crippen LogP contribution >= 0.6 is 11.3 Å². The highest BCUT2D eigenvalue weighted by atomic mass is 32.1. The third-order valence-corrected chi connectivity index (χ3v) is 5.79. The van der Waals surface area contributed by atoms with Crippen LogP contribution in [0.4, 0.5) is 4.79 Å². The molecule has 0 saturated carbocycles. The van der Waals surface area contributed by atoms with Crippen LogP contribution in [-0.4, -0.2) is 27.0 Å². The molecule has 1 fully saturated rings. The third-order valence-electron chi connectivity index (χ3n) is 4.93. The molecule has 1 atom stereocenters. The zero-order chi connectivity index (χ0) is 17.7. The molecule has 7 nitrogen and oxygen atoms in total. The average molecular weight is 366 g/mol. The van der Waals surface area contributed by atoms with E-state index in [2.05, 4.69) is 15.5 Å². The van der Waals surface area contributed by atoms with Gasteiger partial charge >= 0.3 is 6.03 Å². The molecule has 1 N–H and O–H groups in total. The van der Waals surface area contributed by atoms with E-state index >= 15 is 0 Å². The lowest BCUT2D eigenvalue weighted by Gasteiger charge is -2.21. The highest BCUT2D eigenvalue weighted by Crippen LogP contribution is 2.41. The Bertz CT molecular complexity index is 1010. The molecule has 130 valence electrons. The molecular formula is C18H14N4O3S. The predicted molar refractivity (Wildman–Crippen MR) is 93.1 cm³/mol. The van der Waals surface area contributed by atoms with Gasteiger partial charge in [0.25, 0.3) is 5.91 Å². The number of aryl methyl sites for hydroxylation is 1. The number of aromatic nitrogens is 2. The summed E-state index contributed by atoms with van der Waals surface area (Å²) in [5.41, 5.74) is 1.01. The first kappa shape index (κ1) is 15.3. The first-order chi connectivity index (χ1) is 12.7. The molecule has 1 spiro atoms. The molecule has 1 aliphatic carbocycles. The van der Waals surface area contributed by atoms with Crippen LogP contribution in [0.1, 0.15) is 23.4 Å². The summed E-state index contributed by atoms with van der Waals surface area (Å²) in [5.74, 6) is 0.437. The van der Waals surface area contributed by atoms with Gasteiger partial charge in [-0.25, -0.2) is 4.79 Å². The maximum atomic E-state index is 13.1. The van der Waals surface area contributed by atoms with Crippen LogP contribution in [-0.2, 0) is 23.3 Å². The van der Waals surface area contributed by atoms with Crippen molar-refractivity contribution in [2.75, 3.05) is 0 Å². The number of nitrogens with one attached hydrogen (secondary N) is 1. The van der Waals surface area contributed by atoms with E-state index in [0.29, 0.717) is 12.2 Å². The molecule has 3 amide bonds. The summed E-state index contributed by atoms with van der Waals surface area (Å²) in [4.78, 5) is 31.9. The molecule has 1 saturated heterocycles. The van der Waals surface area contributed by atoms with Crippen LogP contribution in [0.5, 0.6) is 0 Å². The molecule has 5 rings (SSSR count). The molecule has 8 heteroatoms. The number of fused-ring (bicyclic) bond motifs is 2. The summed E-state index contributed by atoms with van der Waals surface area (Å²) < 4.78 is 5.24. The summed E-state index contributed by atoms with van der Waals surface area (Å²) in [5, 5.41) is 8.74. The average Bonchev–Trinajstić information content (AvgIpc) is 3.41. The van der Waals surface area contributed by atoms with Crippen LogP contribution in [0.15, 0.2) is 46.3 Å². The van der Waals surface area contributed by atoms with Gasteiger partial charge in [-0.15, -0.1) is 11.3 Å². The molecule has 3 aromatic rings. The standard InChI is InChI=1S/C18H14N4O3S/c23-16-18(8-7-11-4-1-2-5-12(11)18)20-17(24)22(16)10-14-19-15(21-25-14)13-6-3-9-26-13/h1-6,9H,7-8,10H2,(H,20,24)/t18-/m1/s1. The zero-order valence-electron chi connectivity index (χ0n) is 13.6. The molecular weight excluding hydrogens is 352 g/mol. The van der Waals surface area contributed by atoms with Gasteiger partial charge in [0, 0.05) is 0 Å². The molecule has 0 unspecified atom stereocenters. The largest absolute Gasteiger partial charge is 0.337 e. The number of hydrogen-bond acceptors (Lipinski definition) is 6. The fourth-order valence-corrected chi connectivity index (χ4v) is 4.34. The lowest BCUT2D eigenvalue weighted by atomic mass is 9.92. The molecule has 0 radical (unpaired) electrons. The Morgan fingerprint density at radius 3 is 2.96 bits per heavy atom. The van der Waals surface area contributed by atoms with E-state index in [9.17, 15) is 9.59 Å². The van der Waals surface area contributed by atoms with Gasteiger partial charge in [-0.1, -0.05) is 35.5 Å². The number of carbonyl (C=O) groups excluding carboxylic acids is 2. The van der Waals surface area contributed by atoms with Crippen molar-refractivity contribution in [1.82, 2.24) is 20.4 Å². The fraction of sp³-hybridized carbons (Fsp3) is 0.222. The Balaban J connectivity index is 1.43. The number of rotatable bonds is 3. The van der Waals surface area contributed by atoms with Crippen molar-refractivity contribution in [3.05, 3.63) is 58.8 Å². The number of amides is 3. The first-order valence-electron chi connectivity index (χ1n) is 8.26. The van der Waals surface area contributed by atoms with E-state index in [1.165, 1.54) is 11.3 Å². The Kier molecular flexibility index (Phi) is 3.23. The van der Waals surface area contributed by atoms with E-state index in [4.69, 9.17) is 4.52 Å². The van der Waals surface area contributed by atoms with Crippen LogP contribution in [0.3, 0.4) is 0 Å². The summed E-state index contributed by atoms with van der Waals surface area (Å²) in [6, 6.07) is 11.1. The topological polar surface area (TPSA) is 88.3 Å². The van der Waals surface area contributed by atoms with Crippen LogP contribution in [0, 0.1) is 0 Å². The third kappa shape index (κ3) is 2.12. The quantitative estimate of drug-likeness (QED) is 0.720. The Morgan fingerprint density at radius 2 is 2.12 bits per heavy atom.